The summed E-state index contributed by atoms with van der Waals surface area (Å²) in [4.78, 5) is 14.3. The minimum atomic E-state index is 0.0259. The van der Waals surface area contributed by atoms with E-state index in [1.807, 2.05) is 23.1 Å². The molecule has 1 fully saturated rings. The molecule has 2 amide bonds. The van der Waals surface area contributed by atoms with Crippen LogP contribution in [0.25, 0.3) is 0 Å². The Kier molecular flexibility index (Phi) is 3.62. The van der Waals surface area contributed by atoms with Gasteiger partial charge < -0.3 is 10.2 Å². The summed E-state index contributed by atoms with van der Waals surface area (Å²) in [5, 5.41) is 3.02. The van der Waals surface area contributed by atoms with Gasteiger partial charge in [0.15, 0.2) is 0 Å². The second-order valence-electron chi connectivity index (χ2n) is 5.17. The highest BCUT2D eigenvalue weighted by molar-refractivity contribution is 6.13. The van der Waals surface area contributed by atoms with Gasteiger partial charge in [0.2, 0.25) is 0 Å². The summed E-state index contributed by atoms with van der Waals surface area (Å²) in [6.07, 6.45) is 2.82. The number of para-hydroxylation sites is 1. The maximum Gasteiger partial charge on any atom is 0.322 e. The van der Waals surface area contributed by atoms with E-state index in [4.69, 9.17) is 11.8 Å². The number of urea groups is 1. The summed E-state index contributed by atoms with van der Waals surface area (Å²) in [5.74, 6) is 0. The van der Waals surface area contributed by atoms with Gasteiger partial charge in [-0.15, -0.1) is 0 Å². The van der Waals surface area contributed by atoms with E-state index in [9.17, 15) is 4.79 Å². The molecule has 1 aromatic carbocycles. The summed E-state index contributed by atoms with van der Waals surface area (Å²) in [6, 6.07) is 8.37. The molecule has 102 valence electrons. The van der Waals surface area contributed by atoms with Gasteiger partial charge in [-0.25, -0.2) is 9.21 Å². The van der Waals surface area contributed by atoms with E-state index in [1.54, 1.807) is 4.42 Å². The third kappa shape index (κ3) is 2.69. The van der Waals surface area contributed by atoms with E-state index in [0.717, 1.165) is 44.6 Å². The first-order chi connectivity index (χ1) is 9.24. The van der Waals surface area contributed by atoms with Crippen LogP contribution in [0.2, 0.25) is 0 Å². The lowest BCUT2D eigenvalue weighted by Crippen LogP contribution is -2.47. The molecule has 0 spiro atoms. The van der Waals surface area contributed by atoms with Crippen LogP contribution in [0, 0.1) is 0 Å². The van der Waals surface area contributed by atoms with Gasteiger partial charge in [0.05, 0.1) is 0 Å². The van der Waals surface area contributed by atoms with E-state index in [-0.39, 0.29) is 6.03 Å². The zero-order valence-corrected chi connectivity index (χ0v) is 11.6. The SMILES string of the molecule is O=C1Nc2ccccc2CCN1C1CCN(Cl)CC1. The van der Waals surface area contributed by atoms with Gasteiger partial charge in [-0.1, -0.05) is 18.2 Å². The van der Waals surface area contributed by atoms with Crippen molar-refractivity contribution in [1.29, 1.82) is 0 Å². The van der Waals surface area contributed by atoms with E-state index < -0.39 is 0 Å². The van der Waals surface area contributed by atoms with Crippen molar-refractivity contribution in [1.82, 2.24) is 9.32 Å². The predicted octanol–water partition coefficient (Wildman–Crippen LogP) is 2.69. The van der Waals surface area contributed by atoms with Gasteiger partial charge in [-0.3, -0.25) is 0 Å². The Morgan fingerprint density at radius 2 is 1.89 bits per heavy atom. The fourth-order valence-electron chi connectivity index (χ4n) is 2.88. The Bertz CT molecular complexity index is 472. The molecule has 5 heteroatoms. The Labute approximate surface area is 118 Å². The number of hydrogen-bond donors (Lipinski definition) is 1. The number of carbonyl (C=O) groups is 1. The van der Waals surface area contributed by atoms with E-state index in [0.29, 0.717) is 6.04 Å². The molecule has 0 aliphatic carbocycles. The number of rotatable bonds is 1. The van der Waals surface area contributed by atoms with Crippen LogP contribution in [-0.4, -0.2) is 41.0 Å². The third-order valence-electron chi connectivity index (χ3n) is 3.99. The molecule has 0 bridgehead atoms. The normalized spacial score (nSPS) is 21.7. The zero-order valence-electron chi connectivity index (χ0n) is 10.8. The predicted molar refractivity (Wildman–Crippen MR) is 76.3 cm³/mol. The van der Waals surface area contributed by atoms with Gasteiger partial charge in [0, 0.05) is 31.4 Å². The number of nitrogens with zero attached hydrogens (tertiary/aromatic N) is 2. The quantitative estimate of drug-likeness (QED) is 0.803. The van der Waals surface area contributed by atoms with Crippen LogP contribution in [0.4, 0.5) is 10.5 Å². The third-order valence-corrected chi connectivity index (χ3v) is 4.33. The number of halogens is 1. The van der Waals surface area contributed by atoms with Crippen LogP contribution < -0.4 is 5.32 Å². The average molecular weight is 280 g/mol. The lowest BCUT2D eigenvalue weighted by Gasteiger charge is -2.35. The van der Waals surface area contributed by atoms with Crippen LogP contribution >= 0.6 is 11.8 Å². The van der Waals surface area contributed by atoms with E-state index in [1.165, 1.54) is 5.56 Å². The molecule has 0 radical (unpaired) electrons. The monoisotopic (exact) mass is 279 g/mol. The Balaban J connectivity index is 1.74. The fourth-order valence-corrected chi connectivity index (χ4v) is 3.08. The molecule has 0 saturated carbocycles. The van der Waals surface area contributed by atoms with Gasteiger partial charge in [0.1, 0.15) is 0 Å². The molecule has 1 aromatic rings. The number of carbonyl (C=O) groups excluding carboxylic acids is 1. The number of nitrogens with one attached hydrogen (secondary N) is 1. The van der Waals surface area contributed by atoms with Crippen molar-refractivity contribution in [2.75, 3.05) is 25.0 Å². The van der Waals surface area contributed by atoms with E-state index >= 15 is 0 Å². The molecular formula is C14H18ClN3O. The zero-order chi connectivity index (χ0) is 13.2. The first-order valence-electron chi connectivity index (χ1n) is 6.80. The number of amides is 2. The van der Waals surface area contributed by atoms with Crippen LogP contribution in [0.15, 0.2) is 24.3 Å². The highest BCUT2D eigenvalue weighted by Crippen LogP contribution is 2.24. The summed E-state index contributed by atoms with van der Waals surface area (Å²) in [7, 11) is 0. The summed E-state index contributed by atoms with van der Waals surface area (Å²) in [5.41, 5.74) is 2.16. The standard InChI is InChI=1S/C14H18ClN3O/c15-17-8-6-12(7-9-17)18-10-5-11-3-1-2-4-13(11)16-14(18)19/h1-4,12H,5-10H2,(H,16,19). The van der Waals surface area contributed by atoms with Crippen molar-refractivity contribution in [2.45, 2.75) is 25.3 Å². The second-order valence-corrected chi connectivity index (χ2v) is 5.65. The second kappa shape index (κ2) is 5.39. The van der Waals surface area contributed by atoms with Gasteiger partial charge >= 0.3 is 6.03 Å². The highest BCUT2D eigenvalue weighted by Gasteiger charge is 2.29. The number of piperidine rings is 1. The molecule has 3 rings (SSSR count). The van der Waals surface area contributed by atoms with E-state index in [2.05, 4.69) is 11.4 Å². The molecule has 2 heterocycles. The Hall–Kier alpha value is -1.26. The topological polar surface area (TPSA) is 35.6 Å². The Morgan fingerprint density at radius 1 is 1.16 bits per heavy atom. The smallest absolute Gasteiger partial charge is 0.321 e. The highest BCUT2D eigenvalue weighted by atomic mass is 35.5. The number of benzene rings is 1. The summed E-state index contributed by atoms with van der Waals surface area (Å²) < 4.78 is 1.81. The van der Waals surface area contributed by atoms with Gasteiger partial charge in [-0.05, 0) is 42.7 Å². The van der Waals surface area contributed by atoms with Crippen molar-refractivity contribution in [3.63, 3.8) is 0 Å². The van der Waals surface area contributed by atoms with Gasteiger partial charge in [0.25, 0.3) is 0 Å². The number of anilines is 1. The molecule has 0 atom stereocenters. The molecule has 2 aliphatic heterocycles. The lowest BCUT2D eigenvalue weighted by atomic mass is 10.0. The molecule has 1 N–H and O–H groups in total. The van der Waals surface area contributed by atoms with Crippen LogP contribution in [0.1, 0.15) is 18.4 Å². The lowest BCUT2D eigenvalue weighted by molar-refractivity contribution is 0.158. The van der Waals surface area contributed by atoms with Crippen molar-refractivity contribution >= 4 is 23.5 Å². The molecule has 0 aromatic heterocycles. The largest absolute Gasteiger partial charge is 0.322 e. The minimum Gasteiger partial charge on any atom is -0.321 e. The van der Waals surface area contributed by atoms with Crippen molar-refractivity contribution in [3.05, 3.63) is 29.8 Å². The molecule has 0 unspecified atom stereocenters. The first kappa shape index (κ1) is 12.8. The average Bonchev–Trinajstić information content (AvgIpc) is 2.58. The van der Waals surface area contributed by atoms with Crippen LogP contribution in [0.5, 0.6) is 0 Å². The molecule has 1 saturated heterocycles. The van der Waals surface area contributed by atoms with Crippen LogP contribution in [-0.2, 0) is 6.42 Å². The van der Waals surface area contributed by atoms with Crippen molar-refractivity contribution < 1.29 is 4.79 Å². The van der Waals surface area contributed by atoms with Crippen molar-refractivity contribution in [3.8, 4) is 0 Å². The molecule has 19 heavy (non-hydrogen) atoms. The van der Waals surface area contributed by atoms with Crippen molar-refractivity contribution in [2.24, 2.45) is 0 Å². The molecule has 4 nitrogen and oxygen atoms in total. The van der Waals surface area contributed by atoms with Gasteiger partial charge in [-0.2, -0.15) is 0 Å². The maximum absolute atomic E-state index is 12.3. The van der Waals surface area contributed by atoms with Crippen LogP contribution in [0.3, 0.4) is 0 Å². The first-order valence-corrected chi connectivity index (χ1v) is 7.14. The number of fused-ring (bicyclic) bond motifs is 1. The fraction of sp³-hybridized carbons (Fsp3) is 0.500. The summed E-state index contributed by atoms with van der Waals surface area (Å²) >= 11 is 5.98. The molecule has 2 aliphatic rings. The summed E-state index contributed by atoms with van der Waals surface area (Å²) in [6.45, 7) is 2.49. The Morgan fingerprint density at radius 3 is 2.68 bits per heavy atom. The molecular weight excluding hydrogens is 262 g/mol. The minimum absolute atomic E-state index is 0.0259. The number of hydrogen-bond acceptors (Lipinski definition) is 2. The maximum atomic E-state index is 12.3.